The van der Waals surface area contributed by atoms with E-state index in [1.165, 1.54) is 37.0 Å². The molecule has 168 valence electrons. The van der Waals surface area contributed by atoms with Crippen LogP contribution in [0.5, 0.6) is 5.75 Å². The Morgan fingerprint density at radius 1 is 1.03 bits per heavy atom. The standard InChI is InChI=1S/C25H29ClF3NO/c1-18-3-4-19(16-31-23-11-7-21(8-12-23)25(27,28)29)15-30(18)17-24(13-2-14-24)20-5-9-22(26)10-6-20/h5-12,18-19H,2-4,13-17H2,1H3. The van der Waals surface area contributed by atoms with Crippen LogP contribution in [-0.2, 0) is 11.6 Å². The number of benzene rings is 2. The molecule has 0 spiro atoms. The van der Waals surface area contributed by atoms with Crippen molar-refractivity contribution in [2.45, 2.75) is 56.7 Å². The summed E-state index contributed by atoms with van der Waals surface area (Å²) in [6.45, 7) is 4.81. The van der Waals surface area contributed by atoms with E-state index >= 15 is 0 Å². The topological polar surface area (TPSA) is 12.5 Å². The molecule has 0 N–H and O–H groups in total. The molecule has 1 aliphatic carbocycles. The van der Waals surface area contributed by atoms with Crippen molar-refractivity contribution in [3.63, 3.8) is 0 Å². The van der Waals surface area contributed by atoms with Gasteiger partial charge in [-0.3, -0.25) is 4.90 Å². The first kappa shape index (κ1) is 22.5. The minimum atomic E-state index is -4.32. The Kier molecular flexibility index (Phi) is 6.55. The SMILES string of the molecule is CC1CCC(COc2ccc(C(F)(F)F)cc2)CN1CC1(c2ccc(Cl)cc2)CCC1. The highest BCUT2D eigenvalue weighted by Gasteiger charge is 2.42. The maximum atomic E-state index is 12.7. The molecule has 1 aliphatic heterocycles. The molecule has 4 rings (SSSR count). The van der Waals surface area contributed by atoms with Crippen LogP contribution >= 0.6 is 11.6 Å². The number of ether oxygens (including phenoxy) is 1. The van der Waals surface area contributed by atoms with Gasteiger partial charge in [0.1, 0.15) is 5.75 Å². The Labute approximate surface area is 187 Å². The molecule has 0 amide bonds. The zero-order valence-corrected chi connectivity index (χ0v) is 18.6. The average molecular weight is 452 g/mol. The van der Waals surface area contributed by atoms with Gasteiger partial charge in [0.15, 0.2) is 0 Å². The summed E-state index contributed by atoms with van der Waals surface area (Å²) in [7, 11) is 0. The van der Waals surface area contributed by atoms with Gasteiger partial charge in [-0.25, -0.2) is 0 Å². The van der Waals surface area contributed by atoms with Gasteiger partial charge in [-0.15, -0.1) is 0 Å². The number of hydrogen-bond acceptors (Lipinski definition) is 2. The summed E-state index contributed by atoms with van der Waals surface area (Å²) < 4.78 is 44.1. The summed E-state index contributed by atoms with van der Waals surface area (Å²) in [6, 6.07) is 13.8. The number of rotatable bonds is 6. The van der Waals surface area contributed by atoms with Crippen LogP contribution in [0.3, 0.4) is 0 Å². The fourth-order valence-corrected chi connectivity index (χ4v) is 5.03. The number of hydrogen-bond donors (Lipinski definition) is 0. The lowest BCUT2D eigenvalue weighted by Crippen LogP contribution is -2.52. The van der Waals surface area contributed by atoms with Crippen LogP contribution in [-0.4, -0.2) is 30.6 Å². The number of nitrogens with zero attached hydrogens (tertiary/aromatic N) is 1. The lowest BCUT2D eigenvalue weighted by atomic mass is 9.64. The van der Waals surface area contributed by atoms with E-state index in [0.717, 1.165) is 43.1 Å². The average Bonchev–Trinajstić information content (AvgIpc) is 2.71. The predicted molar refractivity (Wildman–Crippen MR) is 118 cm³/mol. The molecule has 31 heavy (non-hydrogen) atoms. The molecule has 2 atom stereocenters. The Hall–Kier alpha value is -1.72. The quantitative estimate of drug-likeness (QED) is 0.470. The van der Waals surface area contributed by atoms with Crippen LogP contribution in [0.1, 0.15) is 50.2 Å². The second-order valence-corrected chi connectivity index (χ2v) is 9.63. The predicted octanol–water partition coefficient (Wildman–Crippen LogP) is 6.96. The van der Waals surface area contributed by atoms with Crippen molar-refractivity contribution in [2.24, 2.45) is 5.92 Å². The summed E-state index contributed by atoms with van der Waals surface area (Å²) in [6.07, 6.45) is 1.52. The van der Waals surface area contributed by atoms with Crippen LogP contribution in [0.15, 0.2) is 48.5 Å². The number of alkyl halides is 3. The molecule has 6 heteroatoms. The highest BCUT2D eigenvalue weighted by Crippen LogP contribution is 2.45. The molecule has 1 saturated carbocycles. The van der Waals surface area contributed by atoms with E-state index in [-0.39, 0.29) is 5.41 Å². The van der Waals surface area contributed by atoms with Crippen molar-refractivity contribution in [1.29, 1.82) is 0 Å². The normalized spacial score (nSPS) is 23.9. The van der Waals surface area contributed by atoms with Crippen molar-refractivity contribution in [2.75, 3.05) is 19.7 Å². The minimum absolute atomic E-state index is 0.203. The van der Waals surface area contributed by atoms with Crippen molar-refractivity contribution >= 4 is 11.6 Å². The van der Waals surface area contributed by atoms with Crippen molar-refractivity contribution in [3.05, 3.63) is 64.7 Å². The maximum absolute atomic E-state index is 12.7. The van der Waals surface area contributed by atoms with E-state index < -0.39 is 11.7 Å². The van der Waals surface area contributed by atoms with E-state index in [1.54, 1.807) is 0 Å². The van der Waals surface area contributed by atoms with Crippen LogP contribution in [0.25, 0.3) is 0 Å². The van der Waals surface area contributed by atoms with Gasteiger partial charge in [-0.2, -0.15) is 13.2 Å². The van der Waals surface area contributed by atoms with Gasteiger partial charge >= 0.3 is 6.18 Å². The van der Waals surface area contributed by atoms with E-state index in [4.69, 9.17) is 16.3 Å². The molecule has 2 aromatic carbocycles. The summed E-state index contributed by atoms with van der Waals surface area (Å²) in [5.41, 5.74) is 0.929. The third-order valence-corrected chi connectivity index (χ3v) is 7.30. The first-order valence-electron chi connectivity index (χ1n) is 11.1. The van der Waals surface area contributed by atoms with Gasteiger partial charge in [-0.05, 0) is 74.6 Å². The van der Waals surface area contributed by atoms with E-state index in [2.05, 4.69) is 24.0 Å². The van der Waals surface area contributed by atoms with Gasteiger partial charge in [0.05, 0.1) is 12.2 Å². The van der Waals surface area contributed by atoms with Crippen LogP contribution in [0, 0.1) is 5.92 Å². The molecule has 2 unspecified atom stereocenters. The maximum Gasteiger partial charge on any atom is 0.416 e. The van der Waals surface area contributed by atoms with Crippen molar-refractivity contribution in [1.82, 2.24) is 4.90 Å². The Morgan fingerprint density at radius 2 is 1.71 bits per heavy atom. The lowest BCUT2D eigenvalue weighted by Gasteiger charge is -2.49. The van der Waals surface area contributed by atoms with E-state index in [1.807, 2.05) is 12.1 Å². The van der Waals surface area contributed by atoms with E-state index in [0.29, 0.717) is 24.3 Å². The van der Waals surface area contributed by atoms with Crippen molar-refractivity contribution in [3.8, 4) is 5.75 Å². The fourth-order valence-electron chi connectivity index (χ4n) is 4.91. The molecule has 0 bridgehead atoms. The van der Waals surface area contributed by atoms with Gasteiger partial charge in [0.2, 0.25) is 0 Å². The Bertz CT molecular complexity index is 862. The second-order valence-electron chi connectivity index (χ2n) is 9.20. The molecule has 2 aliphatic rings. The smallest absolute Gasteiger partial charge is 0.416 e. The zero-order valence-electron chi connectivity index (χ0n) is 17.8. The third-order valence-electron chi connectivity index (χ3n) is 7.05. The monoisotopic (exact) mass is 451 g/mol. The van der Waals surface area contributed by atoms with E-state index in [9.17, 15) is 13.2 Å². The van der Waals surface area contributed by atoms with Crippen LogP contribution in [0.2, 0.25) is 5.02 Å². The van der Waals surface area contributed by atoms with Gasteiger partial charge in [-0.1, -0.05) is 30.2 Å². The molecule has 0 aromatic heterocycles. The Morgan fingerprint density at radius 3 is 2.29 bits per heavy atom. The van der Waals surface area contributed by atoms with Gasteiger partial charge in [0.25, 0.3) is 0 Å². The van der Waals surface area contributed by atoms with Crippen LogP contribution < -0.4 is 4.74 Å². The summed E-state index contributed by atoms with van der Waals surface area (Å²) in [5, 5.41) is 0.769. The molecular formula is C25H29ClF3NO. The van der Waals surface area contributed by atoms with Gasteiger partial charge in [0, 0.05) is 35.5 Å². The van der Waals surface area contributed by atoms with Gasteiger partial charge < -0.3 is 4.74 Å². The third kappa shape index (κ3) is 5.20. The second kappa shape index (κ2) is 9.03. The summed E-state index contributed by atoms with van der Waals surface area (Å²) >= 11 is 6.09. The number of piperidine rings is 1. The Balaban J connectivity index is 1.36. The fraction of sp³-hybridized carbons (Fsp3) is 0.520. The molecule has 2 fully saturated rings. The molecule has 1 heterocycles. The molecule has 1 saturated heterocycles. The first-order valence-corrected chi connectivity index (χ1v) is 11.4. The molecular weight excluding hydrogens is 423 g/mol. The highest BCUT2D eigenvalue weighted by molar-refractivity contribution is 6.30. The minimum Gasteiger partial charge on any atom is -0.493 e. The number of halogens is 4. The number of likely N-dealkylation sites (tertiary alicyclic amines) is 1. The largest absolute Gasteiger partial charge is 0.493 e. The highest BCUT2D eigenvalue weighted by atomic mass is 35.5. The summed E-state index contributed by atoms with van der Waals surface area (Å²) in [4.78, 5) is 2.58. The van der Waals surface area contributed by atoms with Crippen LogP contribution in [0.4, 0.5) is 13.2 Å². The zero-order chi connectivity index (χ0) is 22.1. The summed E-state index contributed by atoms with van der Waals surface area (Å²) in [5.74, 6) is 0.871. The molecule has 0 radical (unpaired) electrons. The molecule has 2 nitrogen and oxygen atoms in total. The lowest BCUT2D eigenvalue weighted by molar-refractivity contribution is -0.137. The molecule has 2 aromatic rings. The first-order chi connectivity index (χ1) is 14.7. The van der Waals surface area contributed by atoms with Crippen molar-refractivity contribution < 1.29 is 17.9 Å².